The van der Waals surface area contributed by atoms with Gasteiger partial charge in [-0.25, -0.2) is 14.6 Å². The Morgan fingerprint density at radius 2 is 1.64 bits per heavy atom. The summed E-state index contributed by atoms with van der Waals surface area (Å²) in [6.07, 6.45) is 2.54. The van der Waals surface area contributed by atoms with Crippen LogP contribution in [0, 0.1) is 0 Å². The van der Waals surface area contributed by atoms with Gasteiger partial charge in [-0.05, 0) is 70.7 Å². The van der Waals surface area contributed by atoms with Crippen LogP contribution in [0.25, 0.3) is 16.5 Å². The fourth-order valence-electron chi connectivity index (χ4n) is 4.35. The van der Waals surface area contributed by atoms with Crippen molar-refractivity contribution in [2.24, 2.45) is 0 Å². The second-order valence-corrected chi connectivity index (χ2v) is 11.5. The first kappa shape index (κ1) is 29.8. The summed E-state index contributed by atoms with van der Waals surface area (Å²) in [5, 5.41) is 1.12. The van der Waals surface area contributed by atoms with Crippen molar-refractivity contribution in [1.29, 1.82) is 0 Å². The van der Waals surface area contributed by atoms with Crippen molar-refractivity contribution in [3.8, 4) is 0 Å². The van der Waals surface area contributed by atoms with E-state index in [1.807, 2.05) is 32.9 Å². The van der Waals surface area contributed by atoms with Crippen LogP contribution in [0.3, 0.4) is 0 Å². The standard InChI is InChI=1S/C32H41NO6/c1-9-23(18-19-33(31(3,4)5)29(34)38-39-30(35)37-32(6,7)8)24-16-17-25-26(20-22-14-12-11-13-15-22)27(10-2)36-28(25)21-24/h11-18,21H,9-10,19-20H2,1-8H3. The van der Waals surface area contributed by atoms with Crippen molar-refractivity contribution < 1.29 is 28.5 Å². The zero-order valence-corrected chi connectivity index (χ0v) is 24.4. The van der Waals surface area contributed by atoms with E-state index >= 15 is 0 Å². The molecule has 0 saturated heterocycles. The molecular formula is C32H41NO6. The molecule has 0 unspecified atom stereocenters. The molecule has 210 valence electrons. The van der Waals surface area contributed by atoms with Gasteiger partial charge >= 0.3 is 12.2 Å². The molecule has 7 heteroatoms. The molecule has 0 aliphatic carbocycles. The Labute approximate surface area is 231 Å². The summed E-state index contributed by atoms with van der Waals surface area (Å²) in [5.74, 6) is 1.000. The lowest BCUT2D eigenvalue weighted by molar-refractivity contribution is -0.218. The van der Waals surface area contributed by atoms with Crippen LogP contribution >= 0.6 is 0 Å². The molecule has 0 atom stereocenters. The molecule has 0 saturated carbocycles. The Kier molecular flexibility index (Phi) is 9.49. The van der Waals surface area contributed by atoms with Crippen LogP contribution in [0.15, 0.2) is 59.0 Å². The zero-order valence-electron chi connectivity index (χ0n) is 24.4. The first-order valence-corrected chi connectivity index (χ1v) is 13.5. The molecule has 0 N–H and O–H groups in total. The molecule has 1 heterocycles. The van der Waals surface area contributed by atoms with Gasteiger partial charge in [0.2, 0.25) is 0 Å². The number of furan rings is 1. The highest BCUT2D eigenvalue weighted by atomic mass is 17.2. The smallest absolute Gasteiger partial charge is 0.461 e. The van der Waals surface area contributed by atoms with Gasteiger partial charge in [0, 0.05) is 35.9 Å². The lowest BCUT2D eigenvalue weighted by atomic mass is 9.97. The summed E-state index contributed by atoms with van der Waals surface area (Å²) in [5.41, 5.74) is 4.06. The highest BCUT2D eigenvalue weighted by molar-refractivity contribution is 5.86. The predicted molar refractivity (Wildman–Crippen MR) is 153 cm³/mol. The van der Waals surface area contributed by atoms with Crippen molar-refractivity contribution in [3.63, 3.8) is 0 Å². The predicted octanol–water partition coefficient (Wildman–Crippen LogP) is 8.48. The summed E-state index contributed by atoms with van der Waals surface area (Å²) in [6.45, 7) is 15.2. The minimum absolute atomic E-state index is 0.263. The molecule has 0 bridgehead atoms. The van der Waals surface area contributed by atoms with Crippen LogP contribution in [0.2, 0.25) is 0 Å². The number of hydrogen-bond donors (Lipinski definition) is 0. The van der Waals surface area contributed by atoms with E-state index in [1.54, 1.807) is 20.8 Å². The minimum Gasteiger partial charge on any atom is -0.461 e. The molecule has 39 heavy (non-hydrogen) atoms. The molecular weight excluding hydrogens is 494 g/mol. The maximum Gasteiger partial charge on any atom is 0.550 e. The average molecular weight is 536 g/mol. The first-order chi connectivity index (χ1) is 18.3. The number of aryl methyl sites for hydroxylation is 1. The van der Waals surface area contributed by atoms with Crippen LogP contribution in [0.4, 0.5) is 9.59 Å². The average Bonchev–Trinajstić information content (AvgIpc) is 3.20. The Morgan fingerprint density at radius 3 is 2.23 bits per heavy atom. The van der Waals surface area contributed by atoms with E-state index in [1.165, 1.54) is 16.0 Å². The fourth-order valence-corrected chi connectivity index (χ4v) is 4.35. The van der Waals surface area contributed by atoms with E-state index in [9.17, 15) is 9.59 Å². The van der Waals surface area contributed by atoms with Crippen LogP contribution < -0.4 is 0 Å². The van der Waals surface area contributed by atoms with Gasteiger partial charge in [-0.1, -0.05) is 62.4 Å². The Hall–Kier alpha value is -3.74. The summed E-state index contributed by atoms with van der Waals surface area (Å²) < 4.78 is 11.3. The lowest BCUT2D eigenvalue weighted by Gasteiger charge is -2.33. The van der Waals surface area contributed by atoms with Crippen LogP contribution in [-0.4, -0.2) is 34.8 Å². The molecule has 0 aliphatic heterocycles. The molecule has 3 rings (SSSR count). The van der Waals surface area contributed by atoms with Crippen molar-refractivity contribution in [2.45, 2.75) is 85.8 Å². The van der Waals surface area contributed by atoms with Crippen LogP contribution in [-0.2, 0) is 27.4 Å². The zero-order chi connectivity index (χ0) is 28.8. The number of fused-ring (bicyclic) bond motifs is 1. The van der Waals surface area contributed by atoms with E-state index in [2.05, 4.69) is 61.2 Å². The maximum atomic E-state index is 12.8. The molecule has 1 aromatic heterocycles. The lowest BCUT2D eigenvalue weighted by Crippen LogP contribution is -2.46. The third-order valence-corrected chi connectivity index (χ3v) is 6.29. The van der Waals surface area contributed by atoms with E-state index in [0.29, 0.717) is 0 Å². The van der Waals surface area contributed by atoms with Gasteiger partial charge in [0.15, 0.2) is 0 Å². The first-order valence-electron chi connectivity index (χ1n) is 13.5. The largest absolute Gasteiger partial charge is 0.550 e. The molecule has 0 aliphatic rings. The Balaban J connectivity index is 1.81. The van der Waals surface area contributed by atoms with Gasteiger partial charge in [0.05, 0.1) is 0 Å². The highest BCUT2D eigenvalue weighted by Gasteiger charge is 2.30. The second-order valence-electron chi connectivity index (χ2n) is 11.5. The van der Waals surface area contributed by atoms with Gasteiger partial charge < -0.3 is 9.15 Å². The molecule has 7 nitrogen and oxygen atoms in total. The maximum absolute atomic E-state index is 12.8. The van der Waals surface area contributed by atoms with E-state index in [4.69, 9.17) is 14.0 Å². The molecule has 2 aromatic carbocycles. The van der Waals surface area contributed by atoms with E-state index < -0.39 is 23.4 Å². The number of nitrogens with zero attached hydrogens (tertiary/aromatic N) is 1. The minimum atomic E-state index is -1.07. The van der Waals surface area contributed by atoms with Gasteiger partial charge in [0.25, 0.3) is 0 Å². The number of benzene rings is 2. The number of amides is 1. The molecule has 0 spiro atoms. The molecule has 0 radical (unpaired) electrons. The molecule has 0 fully saturated rings. The second kappa shape index (κ2) is 12.4. The van der Waals surface area contributed by atoms with Gasteiger partial charge in [-0.3, -0.25) is 4.90 Å². The van der Waals surface area contributed by atoms with Crippen LogP contribution in [0.5, 0.6) is 0 Å². The topological polar surface area (TPSA) is 78.2 Å². The number of allylic oxidation sites excluding steroid dienone is 1. The van der Waals surface area contributed by atoms with E-state index in [-0.39, 0.29) is 6.54 Å². The quantitative estimate of drug-likeness (QED) is 0.171. The number of carbonyl (C=O) groups is 2. The SMILES string of the molecule is CCC(=CCN(C(=O)OOC(=O)OC(C)(C)C)C(C)(C)C)c1ccc2c(Cc3ccccc3)c(CC)oc2c1. The highest BCUT2D eigenvalue weighted by Crippen LogP contribution is 2.32. The number of carbonyl (C=O) groups excluding carboxylic acids is 2. The van der Waals surface area contributed by atoms with Crippen molar-refractivity contribution in [2.75, 3.05) is 6.54 Å². The Bertz CT molecular complexity index is 1310. The number of rotatable bonds is 7. The van der Waals surface area contributed by atoms with Gasteiger partial charge in [-0.2, -0.15) is 4.79 Å². The number of hydrogen-bond acceptors (Lipinski definition) is 6. The summed E-state index contributed by atoms with van der Waals surface area (Å²) in [4.78, 5) is 35.6. The summed E-state index contributed by atoms with van der Waals surface area (Å²) in [7, 11) is 0. The van der Waals surface area contributed by atoms with Crippen molar-refractivity contribution in [3.05, 3.63) is 77.1 Å². The monoisotopic (exact) mass is 535 g/mol. The fraction of sp³-hybridized carbons (Fsp3) is 0.438. The molecule has 1 amide bonds. The Morgan fingerprint density at radius 1 is 0.949 bits per heavy atom. The normalized spacial score (nSPS) is 12.4. The summed E-state index contributed by atoms with van der Waals surface area (Å²) in [6, 6.07) is 16.7. The summed E-state index contributed by atoms with van der Waals surface area (Å²) >= 11 is 0. The van der Waals surface area contributed by atoms with E-state index in [0.717, 1.165) is 47.1 Å². The molecule has 3 aromatic rings. The third-order valence-electron chi connectivity index (χ3n) is 6.29. The van der Waals surface area contributed by atoms with Gasteiger partial charge in [0.1, 0.15) is 16.9 Å². The number of ether oxygens (including phenoxy) is 1. The van der Waals surface area contributed by atoms with Gasteiger partial charge in [-0.15, -0.1) is 0 Å². The van der Waals surface area contributed by atoms with Crippen LogP contribution in [0.1, 0.15) is 84.3 Å². The third kappa shape index (κ3) is 8.12. The van der Waals surface area contributed by atoms with Crippen molar-refractivity contribution >= 4 is 28.8 Å². The van der Waals surface area contributed by atoms with Crippen molar-refractivity contribution in [1.82, 2.24) is 4.90 Å².